The number of hydrogen-bond donors (Lipinski definition) is 1. The van der Waals surface area contributed by atoms with E-state index in [1.807, 2.05) is 24.8 Å². The number of nitro benzene ring substituents is 1. The van der Waals surface area contributed by atoms with Crippen LogP contribution in [0.25, 0.3) is 0 Å². The summed E-state index contributed by atoms with van der Waals surface area (Å²) >= 11 is 0. The van der Waals surface area contributed by atoms with Gasteiger partial charge < -0.3 is 10.0 Å². The second-order valence-corrected chi connectivity index (χ2v) is 3.91. The number of rotatable bonds is 6. The zero-order chi connectivity index (χ0) is 12.8. The van der Waals surface area contributed by atoms with Crippen LogP contribution in [0, 0.1) is 17.0 Å². The van der Waals surface area contributed by atoms with E-state index in [4.69, 9.17) is 5.11 Å². The Kier molecular flexibility index (Phi) is 4.90. The van der Waals surface area contributed by atoms with Crippen molar-refractivity contribution in [2.45, 2.75) is 20.3 Å². The summed E-state index contributed by atoms with van der Waals surface area (Å²) in [6, 6.07) is 5.22. The van der Waals surface area contributed by atoms with Gasteiger partial charge in [0.2, 0.25) is 0 Å². The van der Waals surface area contributed by atoms with Crippen LogP contribution in [0.4, 0.5) is 11.4 Å². The number of nitro groups is 1. The van der Waals surface area contributed by atoms with E-state index in [1.165, 1.54) is 0 Å². The van der Waals surface area contributed by atoms with Crippen LogP contribution < -0.4 is 4.90 Å². The highest BCUT2D eigenvalue weighted by Gasteiger charge is 2.18. The van der Waals surface area contributed by atoms with Crippen LogP contribution in [0.2, 0.25) is 0 Å². The van der Waals surface area contributed by atoms with Gasteiger partial charge in [-0.3, -0.25) is 10.1 Å². The smallest absolute Gasteiger partial charge is 0.292 e. The van der Waals surface area contributed by atoms with Crippen LogP contribution in [0.5, 0.6) is 0 Å². The Labute approximate surface area is 101 Å². The number of benzene rings is 1. The molecule has 0 spiro atoms. The molecule has 0 saturated carbocycles. The van der Waals surface area contributed by atoms with Crippen LogP contribution in [0.1, 0.15) is 18.9 Å². The number of aliphatic hydroxyl groups excluding tert-OH is 1. The molecule has 0 aromatic heterocycles. The van der Waals surface area contributed by atoms with Crippen LogP contribution in [0.3, 0.4) is 0 Å². The van der Waals surface area contributed by atoms with Gasteiger partial charge in [0.1, 0.15) is 5.69 Å². The van der Waals surface area contributed by atoms with Gasteiger partial charge in [-0.2, -0.15) is 0 Å². The first-order valence-electron chi connectivity index (χ1n) is 5.71. The van der Waals surface area contributed by atoms with Crippen LogP contribution in [0.15, 0.2) is 18.2 Å². The summed E-state index contributed by atoms with van der Waals surface area (Å²) in [5, 5.41) is 19.8. The molecule has 0 bridgehead atoms. The van der Waals surface area contributed by atoms with Crippen LogP contribution in [-0.2, 0) is 0 Å². The summed E-state index contributed by atoms with van der Waals surface area (Å²) in [6.07, 6.45) is 0.610. The molecule has 0 aliphatic carbocycles. The topological polar surface area (TPSA) is 66.6 Å². The van der Waals surface area contributed by atoms with E-state index in [2.05, 4.69) is 0 Å². The highest BCUT2D eigenvalue weighted by Crippen LogP contribution is 2.29. The Morgan fingerprint density at radius 2 is 2.18 bits per heavy atom. The highest BCUT2D eigenvalue weighted by atomic mass is 16.6. The highest BCUT2D eigenvalue weighted by molar-refractivity contribution is 5.64. The SMILES string of the molecule is CCN(CCCO)c1ccc(C)cc1[N+](=O)[O-]. The standard InChI is InChI=1S/C12H18N2O3/c1-3-13(7-4-8-15)11-6-5-10(2)9-12(11)14(16)17/h5-6,9,15H,3-4,7-8H2,1-2H3. The minimum absolute atomic E-state index is 0.0934. The maximum Gasteiger partial charge on any atom is 0.292 e. The van der Waals surface area contributed by atoms with Crippen molar-refractivity contribution in [1.29, 1.82) is 0 Å². The number of nitrogens with zero attached hydrogens (tertiary/aromatic N) is 2. The molecule has 5 heteroatoms. The van der Waals surface area contributed by atoms with Gasteiger partial charge in [-0.15, -0.1) is 0 Å². The molecular weight excluding hydrogens is 220 g/mol. The van der Waals surface area contributed by atoms with Gasteiger partial charge in [0, 0.05) is 25.8 Å². The third-order valence-corrected chi connectivity index (χ3v) is 2.64. The second kappa shape index (κ2) is 6.20. The molecule has 0 saturated heterocycles. The Bertz CT molecular complexity index is 393. The average Bonchev–Trinajstić information content (AvgIpc) is 2.31. The minimum atomic E-state index is -0.357. The van der Waals surface area contributed by atoms with Crippen molar-refractivity contribution in [3.63, 3.8) is 0 Å². The van der Waals surface area contributed by atoms with Gasteiger partial charge >= 0.3 is 0 Å². The maximum absolute atomic E-state index is 11.0. The fourth-order valence-electron chi connectivity index (χ4n) is 1.76. The molecule has 0 aliphatic heterocycles. The molecule has 0 radical (unpaired) electrons. The molecule has 5 nitrogen and oxygen atoms in total. The molecule has 1 aromatic rings. The van der Waals surface area contributed by atoms with E-state index in [9.17, 15) is 10.1 Å². The predicted octanol–water partition coefficient (Wildman–Crippen LogP) is 2.11. The summed E-state index contributed by atoms with van der Waals surface area (Å²) < 4.78 is 0. The zero-order valence-corrected chi connectivity index (χ0v) is 10.2. The molecule has 1 aromatic carbocycles. The Hall–Kier alpha value is -1.62. The number of hydrogen-bond acceptors (Lipinski definition) is 4. The van der Waals surface area contributed by atoms with E-state index in [0.29, 0.717) is 25.2 Å². The summed E-state index contributed by atoms with van der Waals surface area (Å²) in [4.78, 5) is 12.6. The number of aryl methyl sites for hydroxylation is 1. The van der Waals surface area contributed by atoms with Gasteiger partial charge in [-0.25, -0.2) is 0 Å². The van der Waals surface area contributed by atoms with Crippen molar-refractivity contribution >= 4 is 11.4 Å². The summed E-state index contributed by atoms with van der Waals surface area (Å²) in [5.41, 5.74) is 1.63. The first-order chi connectivity index (χ1) is 8.10. The lowest BCUT2D eigenvalue weighted by atomic mass is 10.1. The van der Waals surface area contributed by atoms with Crippen molar-refractivity contribution in [2.24, 2.45) is 0 Å². The summed E-state index contributed by atoms with van der Waals surface area (Å²) in [6.45, 7) is 5.18. The lowest BCUT2D eigenvalue weighted by Crippen LogP contribution is -2.25. The lowest BCUT2D eigenvalue weighted by molar-refractivity contribution is -0.384. The molecule has 94 valence electrons. The summed E-state index contributed by atoms with van der Waals surface area (Å²) in [7, 11) is 0. The van der Waals surface area contributed by atoms with E-state index < -0.39 is 0 Å². The molecule has 1 N–H and O–H groups in total. The molecule has 0 aliphatic rings. The van der Waals surface area contributed by atoms with Gasteiger partial charge in [-0.05, 0) is 31.9 Å². The van der Waals surface area contributed by atoms with E-state index >= 15 is 0 Å². The van der Waals surface area contributed by atoms with E-state index in [-0.39, 0.29) is 17.2 Å². The van der Waals surface area contributed by atoms with Crippen molar-refractivity contribution < 1.29 is 10.0 Å². The quantitative estimate of drug-likeness (QED) is 0.609. The Morgan fingerprint density at radius 3 is 2.71 bits per heavy atom. The molecule has 17 heavy (non-hydrogen) atoms. The molecule has 0 heterocycles. The maximum atomic E-state index is 11.0. The van der Waals surface area contributed by atoms with Crippen molar-refractivity contribution in [2.75, 3.05) is 24.6 Å². The van der Waals surface area contributed by atoms with E-state index in [0.717, 1.165) is 5.56 Å². The molecule has 0 unspecified atom stereocenters. The monoisotopic (exact) mass is 238 g/mol. The lowest BCUT2D eigenvalue weighted by Gasteiger charge is -2.22. The average molecular weight is 238 g/mol. The zero-order valence-electron chi connectivity index (χ0n) is 10.2. The normalized spacial score (nSPS) is 10.3. The minimum Gasteiger partial charge on any atom is -0.396 e. The molecule has 0 amide bonds. The van der Waals surface area contributed by atoms with Crippen LogP contribution in [-0.4, -0.2) is 29.7 Å². The predicted molar refractivity (Wildman–Crippen MR) is 67.4 cm³/mol. The molecule has 0 atom stereocenters. The third kappa shape index (κ3) is 3.42. The largest absolute Gasteiger partial charge is 0.396 e. The number of aliphatic hydroxyl groups is 1. The first kappa shape index (κ1) is 13.4. The van der Waals surface area contributed by atoms with Crippen molar-refractivity contribution in [1.82, 2.24) is 0 Å². The third-order valence-electron chi connectivity index (χ3n) is 2.64. The number of anilines is 1. The Balaban J connectivity index is 3.05. The first-order valence-corrected chi connectivity index (χ1v) is 5.71. The Morgan fingerprint density at radius 1 is 1.47 bits per heavy atom. The van der Waals surface area contributed by atoms with Crippen molar-refractivity contribution in [3.05, 3.63) is 33.9 Å². The molecule has 1 rings (SSSR count). The fourth-order valence-corrected chi connectivity index (χ4v) is 1.76. The van der Waals surface area contributed by atoms with Crippen molar-refractivity contribution in [3.8, 4) is 0 Å². The fraction of sp³-hybridized carbons (Fsp3) is 0.500. The van der Waals surface area contributed by atoms with Crippen LogP contribution >= 0.6 is 0 Å². The van der Waals surface area contributed by atoms with Gasteiger partial charge in [0.15, 0.2) is 0 Å². The molecular formula is C12H18N2O3. The second-order valence-electron chi connectivity index (χ2n) is 3.91. The van der Waals surface area contributed by atoms with Gasteiger partial charge in [0.25, 0.3) is 5.69 Å². The van der Waals surface area contributed by atoms with Gasteiger partial charge in [-0.1, -0.05) is 6.07 Å². The van der Waals surface area contributed by atoms with E-state index in [1.54, 1.807) is 12.1 Å². The summed E-state index contributed by atoms with van der Waals surface area (Å²) in [5.74, 6) is 0. The van der Waals surface area contributed by atoms with Gasteiger partial charge in [0.05, 0.1) is 4.92 Å². The molecule has 0 fully saturated rings.